The van der Waals surface area contributed by atoms with E-state index in [0.717, 1.165) is 11.4 Å². The maximum atomic E-state index is 2.54. The van der Waals surface area contributed by atoms with Gasteiger partial charge in [0.15, 0.2) is 0 Å². The van der Waals surface area contributed by atoms with Crippen molar-refractivity contribution >= 4 is 98.1 Å². The molecule has 0 unspecified atom stereocenters. The first-order valence-corrected chi connectivity index (χ1v) is 26.6. The van der Waals surface area contributed by atoms with Crippen molar-refractivity contribution in [2.24, 2.45) is 0 Å². The smallest absolute Gasteiger partial charge is 0.113 e. The molecule has 9 aromatic rings. The molecule has 276 valence electrons. The molecule has 0 spiro atoms. The fourth-order valence-corrected chi connectivity index (χ4v) is 13.4. The van der Waals surface area contributed by atoms with E-state index >= 15 is 0 Å². The van der Waals surface area contributed by atoms with Crippen molar-refractivity contribution in [3.63, 3.8) is 0 Å². The van der Waals surface area contributed by atoms with E-state index in [0.29, 0.717) is 0 Å². The maximum Gasteiger partial charge on any atom is 0.113 e. The standard InChI is InChI=1S/C53H46N2Si2/c1-56(2,3)44-29-25-41(26-30-44)54(39-16-8-6-9-17-39)43-28-32-47-48-33-34-50(49-21-14-22-51(53(48)49)57(4,5)52(47)36-43)55(40-18-10-7-11-19-40)42-27-31-46-38(35-42)24-23-37-15-12-13-20-45(37)46/h6-36H,1-5H3. The predicted octanol–water partition coefficient (Wildman–Crippen LogP) is 13.4. The van der Waals surface area contributed by atoms with Crippen LogP contribution in [0.2, 0.25) is 32.7 Å². The summed E-state index contributed by atoms with van der Waals surface area (Å²) in [4.78, 5) is 4.89. The molecule has 0 N–H and O–H groups in total. The predicted molar refractivity (Wildman–Crippen MR) is 253 cm³/mol. The molecular formula is C53H46N2Si2. The Kier molecular flexibility index (Phi) is 8.33. The van der Waals surface area contributed by atoms with E-state index in [9.17, 15) is 0 Å². The number of nitrogens with zero attached hydrogens (tertiary/aromatic N) is 2. The van der Waals surface area contributed by atoms with Gasteiger partial charge in [-0.3, -0.25) is 0 Å². The van der Waals surface area contributed by atoms with Gasteiger partial charge in [-0.2, -0.15) is 0 Å². The minimum Gasteiger partial charge on any atom is -0.311 e. The van der Waals surface area contributed by atoms with Crippen LogP contribution in [0.15, 0.2) is 188 Å². The van der Waals surface area contributed by atoms with Gasteiger partial charge in [0.05, 0.1) is 13.8 Å². The van der Waals surface area contributed by atoms with Crippen molar-refractivity contribution < 1.29 is 0 Å². The minimum atomic E-state index is -2.19. The molecule has 10 rings (SSSR count). The van der Waals surface area contributed by atoms with Gasteiger partial charge in [0, 0.05) is 33.8 Å². The Balaban J connectivity index is 1.14. The highest BCUT2D eigenvalue weighted by Gasteiger charge is 2.37. The van der Waals surface area contributed by atoms with Crippen LogP contribution in [0, 0.1) is 0 Å². The van der Waals surface area contributed by atoms with Crippen molar-refractivity contribution in [3.8, 4) is 11.1 Å². The van der Waals surface area contributed by atoms with Gasteiger partial charge in [0.25, 0.3) is 0 Å². The lowest BCUT2D eigenvalue weighted by molar-refractivity contribution is 1.29. The summed E-state index contributed by atoms with van der Waals surface area (Å²) in [6.45, 7) is 12.3. The summed E-state index contributed by atoms with van der Waals surface area (Å²) in [5.74, 6) is 0. The van der Waals surface area contributed by atoms with Gasteiger partial charge in [0.2, 0.25) is 0 Å². The number of hydrogen-bond donors (Lipinski definition) is 0. The summed E-state index contributed by atoms with van der Waals surface area (Å²) in [5.41, 5.74) is 9.74. The van der Waals surface area contributed by atoms with E-state index in [1.54, 1.807) is 0 Å². The van der Waals surface area contributed by atoms with Crippen LogP contribution in [0.4, 0.5) is 34.1 Å². The summed E-state index contributed by atoms with van der Waals surface area (Å²) in [5, 5.41) is 12.2. The Morgan fingerprint density at radius 3 is 1.68 bits per heavy atom. The third-order valence-electron chi connectivity index (χ3n) is 12.2. The highest BCUT2D eigenvalue weighted by atomic mass is 28.3. The second-order valence-electron chi connectivity index (χ2n) is 17.0. The van der Waals surface area contributed by atoms with Gasteiger partial charge in [-0.15, -0.1) is 0 Å². The summed E-state index contributed by atoms with van der Waals surface area (Å²) in [6.07, 6.45) is 0. The molecule has 2 nitrogen and oxygen atoms in total. The highest BCUT2D eigenvalue weighted by molar-refractivity contribution is 7.03. The van der Waals surface area contributed by atoms with E-state index in [-0.39, 0.29) is 0 Å². The number of fused-ring (bicyclic) bond motifs is 5. The summed E-state index contributed by atoms with van der Waals surface area (Å²) >= 11 is 0. The molecule has 1 aliphatic rings. The molecule has 0 fully saturated rings. The zero-order chi connectivity index (χ0) is 38.9. The van der Waals surface area contributed by atoms with Crippen LogP contribution in [0.5, 0.6) is 0 Å². The molecule has 0 radical (unpaired) electrons. The van der Waals surface area contributed by atoms with Crippen LogP contribution >= 0.6 is 0 Å². The lowest BCUT2D eigenvalue weighted by Crippen LogP contribution is -2.56. The van der Waals surface area contributed by atoms with E-state index < -0.39 is 16.1 Å². The molecule has 57 heavy (non-hydrogen) atoms. The molecule has 1 heterocycles. The molecule has 9 aromatic carbocycles. The molecular weight excluding hydrogens is 721 g/mol. The largest absolute Gasteiger partial charge is 0.311 e. The maximum absolute atomic E-state index is 2.54. The Bertz CT molecular complexity index is 2970. The SMILES string of the molecule is C[Si](C)(C)c1ccc(N(c2ccccc2)c2ccc3c(c2)[Si](C)(C)c2cccc4c(N(c5ccccc5)c5ccc6c(ccc7ccccc76)c5)ccc-3c24)cc1. The van der Waals surface area contributed by atoms with Crippen molar-refractivity contribution in [2.45, 2.75) is 32.7 Å². The quantitative estimate of drug-likeness (QED) is 0.118. The van der Waals surface area contributed by atoms with Gasteiger partial charge in [0.1, 0.15) is 8.07 Å². The number of benzene rings is 9. The van der Waals surface area contributed by atoms with Crippen molar-refractivity contribution in [3.05, 3.63) is 188 Å². The first-order chi connectivity index (χ1) is 27.7. The zero-order valence-electron chi connectivity index (χ0n) is 33.3. The number of anilines is 6. The second kappa shape index (κ2) is 13.5. The Morgan fingerprint density at radius 1 is 0.386 bits per heavy atom. The van der Waals surface area contributed by atoms with E-state index in [2.05, 4.69) is 231 Å². The van der Waals surface area contributed by atoms with E-state index in [1.807, 2.05) is 0 Å². The Morgan fingerprint density at radius 2 is 0.947 bits per heavy atom. The summed E-state index contributed by atoms with van der Waals surface area (Å²) in [6, 6.07) is 70.2. The highest BCUT2D eigenvalue weighted by Crippen LogP contribution is 2.45. The van der Waals surface area contributed by atoms with Gasteiger partial charge in [-0.1, -0.05) is 159 Å². The molecule has 0 saturated heterocycles. The lowest BCUT2D eigenvalue weighted by atomic mass is 9.95. The third-order valence-corrected chi connectivity index (χ3v) is 17.8. The van der Waals surface area contributed by atoms with Gasteiger partial charge < -0.3 is 9.80 Å². The lowest BCUT2D eigenvalue weighted by Gasteiger charge is -2.36. The molecule has 0 aromatic heterocycles. The van der Waals surface area contributed by atoms with Crippen molar-refractivity contribution in [1.82, 2.24) is 0 Å². The van der Waals surface area contributed by atoms with Gasteiger partial charge >= 0.3 is 0 Å². The van der Waals surface area contributed by atoms with Crippen LogP contribution in [0.1, 0.15) is 0 Å². The molecule has 0 saturated carbocycles. The first-order valence-electron chi connectivity index (χ1n) is 20.1. The van der Waals surface area contributed by atoms with Crippen LogP contribution in [0.25, 0.3) is 43.4 Å². The van der Waals surface area contributed by atoms with Crippen molar-refractivity contribution in [2.75, 3.05) is 9.80 Å². The Hall–Kier alpha value is -6.21. The molecule has 1 aliphatic heterocycles. The number of para-hydroxylation sites is 2. The third kappa shape index (κ3) is 5.90. The zero-order valence-corrected chi connectivity index (χ0v) is 35.3. The van der Waals surface area contributed by atoms with Gasteiger partial charge in [-0.05, 0) is 115 Å². The summed E-state index contributed by atoms with van der Waals surface area (Å²) < 4.78 is 0. The van der Waals surface area contributed by atoms with E-state index in [4.69, 9.17) is 0 Å². The topological polar surface area (TPSA) is 6.48 Å². The second-order valence-corrected chi connectivity index (χ2v) is 26.5. The van der Waals surface area contributed by atoms with Crippen LogP contribution < -0.4 is 25.4 Å². The first kappa shape index (κ1) is 35.2. The average Bonchev–Trinajstić information content (AvgIpc) is 3.24. The monoisotopic (exact) mass is 766 g/mol. The minimum absolute atomic E-state index is 1.15. The number of hydrogen-bond acceptors (Lipinski definition) is 2. The van der Waals surface area contributed by atoms with Crippen LogP contribution in [-0.4, -0.2) is 16.1 Å². The average molecular weight is 767 g/mol. The molecule has 4 heteroatoms. The Labute approximate surface area is 338 Å². The van der Waals surface area contributed by atoms with Crippen molar-refractivity contribution in [1.29, 1.82) is 0 Å². The summed E-state index contributed by atoms with van der Waals surface area (Å²) in [7, 11) is -3.62. The molecule has 0 aliphatic carbocycles. The molecule has 0 bridgehead atoms. The fraction of sp³-hybridized carbons (Fsp3) is 0.0943. The molecule has 0 amide bonds. The van der Waals surface area contributed by atoms with Crippen LogP contribution in [0.3, 0.4) is 0 Å². The molecule has 0 atom stereocenters. The van der Waals surface area contributed by atoms with E-state index in [1.165, 1.54) is 81.8 Å². The normalized spacial score (nSPS) is 13.1. The fourth-order valence-electron chi connectivity index (χ4n) is 9.18. The van der Waals surface area contributed by atoms with Crippen LogP contribution in [-0.2, 0) is 0 Å². The van der Waals surface area contributed by atoms with Gasteiger partial charge in [-0.25, -0.2) is 0 Å². The number of rotatable bonds is 7.